The van der Waals surface area contributed by atoms with Crippen molar-refractivity contribution in [1.82, 2.24) is 4.98 Å². The summed E-state index contributed by atoms with van der Waals surface area (Å²) in [5.41, 5.74) is -0.326. The van der Waals surface area contributed by atoms with Crippen LogP contribution in [0.3, 0.4) is 0 Å². The van der Waals surface area contributed by atoms with Crippen molar-refractivity contribution in [3.8, 4) is 11.8 Å². The second-order valence-electron chi connectivity index (χ2n) is 5.85. The number of aromatic nitrogens is 1. The third-order valence-electron chi connectivity index (χ3n) is 4.58. The fraction of sp³-hybridized carbons (Fsp3) is 0.667. The molecule has 0 aromatic carbocycles. The van der Waals surface area contributed by atoms with Crippen molar-refractivity contribution in [3.63, 3.8) is 0 Å². The zero-order valence-corrected chi connectivity index (χ0v) is 13.2. The number of hydrogen-bond acceptors (Lipinski definition) is 5. The first kappa shape index (κ1) is 14.8. The number of hydrogen-bond donors (Lipinski definition) is 1. The summed E-state index contributed by atoms with van der Waals surface area (Å²) in [5, 5.41) is 11.3. The first-order valence-electron chi connectivity index (χ1n) is 7.28. The molecule has 2 bridgehead atoms. The van der Waals surface area contributed by atoms with Crippen LogP contribution in [0.5, 0.6) is 11.8 Å². The number of ether oxygens (including phenoxy) is 2. The van der Waals surface area contributed by atoms with Crippen LogP contribution in [0.15, 0.2) is 12.1 Å². The van der Waals surface area contributed by atoms with Gasteiger partial charge < -0.3 is 14.6 Å². The van der Waals surface area contributed by atoms with E-state index in [0.717, 1.165) is 19.3 Å². The van der Waals surface area contributed by atoms with Gasteiger partial charge in [-0.3, -0.25) is 4.21 Å². The van der Waals surface area contributed by atoms with Gasteiger partial charge in [-0.2, -0.15) is 4.98 Å². The maximum absolute atomic E-state index is 12.3. The molecule has 5 nitrogen and oxygen atoms in total. The van der Waals surface area contributed by atoms with Crippen molar-refractivity contribution in [2.75, 3.05) is 14.2 Å². The highest BCUT2D eigenvalue weighted by molar-refractivity contribution is 7.86. The highest BCUT2D eigenvalue weighted by atomic mass is 32.2. The summed E-state index contributed by atoms with van der Waals surface area (Å²) in [4.78, 5) is 4.26. The van der Waals surface area contributed by atoms with Crippen LogP contribution in [-0.2, 0) is 16.4 Å². The lowest BCUT2D eigenvalue weighted by Crippen LogP contribution is -2.47. The van der Waals surface area contributed by atoms with Gasteiger partial charge in [0.05, 0.1) is 19.8 Å². The molecule has 0 saturated carbocycles. The lowest BCUT2D eigenvalue weighted by atomic mass is 9.81. The molecule has 0 amide bonds. The van der Waals surface area contributed by atoms with E-state index < -0.39 is 16.4 Å². The van der Waals surface area contributed by atoms with Crippen LogP contribution in [0, 0.1) is 0 Å². The molecule has 0 aliphatic carbocycles. The van der Waals surface area contributed by atoms with Crippen molar-refractivity contribution in [3.05, 3.63) is 17.7 Å². The molecule has 2 unspecified atom stereocenters. The van der Waals surface area contributed by atoms with Crippen LogP contribution >= 0.6 is 0 Å². The maximum Gasteiger partial charge on any atom is 0.222 e. The number of aliphatic hydroxyl groups is 1. The molecule has 2 atom stereocenters. The summed E-state index contributed by atoms with van der Waals surface area (Å²) in [5.74, 6) is 0.849. The summed E-state index contributed by atoms with van der Waals surface area (Å²) in [6.07, 6.45) is 3.99. The van der Waals surface area contributed by atoms with Gasteiger partial charge in [-0.15, -0.1) is 0 Å². The molecule has 1 aromatic rings. The molecule has 2 aliphatic heterocycles. The Morgan fingerprint density at radius 2 is 1.90 bits per heavy atom. The third kappa shape index (κ3) is 2.55. The Labute approximate surface area is 127 Å². The molecule has 3 heterocycles. The van der Waals surface area contributed by atoms with Gasteiger partial charge in [0.1, 0.15) is 0 Å². The zero-order chi connectivity index (χ0) is 15.0. The van der Waals surface area contributed by atoms with Crippen LogP contribution in [0.2, 0.25) is 0 Å². The molecule has 2 fully saturated rings. The van der Waals surface area contributed by atoms with Gasteiger partial charge >= 0.3 is 0 Å². The van der Waals surface area contributed by atoms with Crippen LogP contribution < -0.4 is 9.47 Å². The fourth-order valence-corrected chi connectivity index (χ4v) is 5.77. The van der Waals surface area contributed by atoms with Crippen molar-refractivity contribution < 1.29 is 18.8 Å². The van der Waals surface area contributed by atoms with E-state index in [-0.39, 0.29) is 10.5 Å². The van der Waals surface area contributed by atoms with Crippen molar-refractivity contribution in [2.45, 2.75) is 48.2 Å². The second-order valence-corrected chi connectivity index (χ2v) is 7.84. The van der Waals surface area contributed by atoms with E-state index in [4.69, 9.17) is 9.47 Å². The minimum absolute atomic E-state index is 0.0781. The Kier molecular flexibility index (Phi) is 3.92. The number of pyridine rings is 1. The Bertz CT molecular complexity index is 547. The van der Waals surface area contributed by atoms with Gasteiger partial charge in [0, 0.05) is 32.9 Å². The number of fused-ring (bicyclic) bond motifs is 2. The molecule has 3 rings (SSSR count). The highest BCUT2D eigenvalue weighted by Crippen LogP contribution is 2.46. The number of rotatable bonds is 3. The van der Waals surface area contributed by atoms with Crippen LogP contribution in [0.4, 0.5) is 0 Å². The third-order valence-corrected chi connectivity index (χ3v) is 6.70. The first-order valence-corrected chi connectivity index (χ1v) is 8.56. The minimum Gasteiger partial charge on any atom is -0.481 e. The fourth-order valence-electron chi connectivity index (χ4n) is 3.55. The van der Waals surface area contributed by atoms with E-state index in [1.807, 2.05) is 6.07 Å². The summed E-state index contributed by atoms with van der Waals surface area (Å²) in [7, 11) is 2.27. The SMILES string of the molecule is COc1ccc(C2(O)CC3CCCC(C2)S3=O)c(OC)n1. The molecule has 2 aliphatic rings. The first-order chi connectivity index (χ1) is 10.1. The predicted octanol–water partition coefficient (Wildman–Crippen LogP) is 1.75. The largest absolute Gasteiger partial charge is 0.481 e. The molecule has 2 saturated heterocycles. The van der Waals surface area contributed by atoms with E-state index in [1.54, 1.807) is 13.2 Å². The molecule has 21 heavy (non-hydrogen) atoms. The molecule has 116 valence electrons. The quantitative estimate of drug-likeness (QED) is 0.921. The number of nitrogens with zero attached hydrogens (tertiary/aromatic N) is 1. The molecule has 0 spiro atoms. The monoisotopic (exact) mass is 311 g/mol. The molecule has 1 aromatic heterocycles. The van der Waals surface area contributed by atoms with E-state index in [2.05, 4.69) is 4.98 Å². The van der Waals surface area contributed by atoms with E-state index in [9.17, 15) is 9.32 Å². The smallest absolute Gasteiger partial charge is 0.222 e. The minimum atomic E-state index is -1.01. The van der Waals surface area contributed by atoms with Crippen molar-refractivity contribution in [2.24, 2.45) is 0 Å². The molecule has 6 heteroatoms. The average molecular weight is 311 g/mol. The summed E-state index contributed by atoms with van der Waals surface area (Å²) < 4.78 is 22.7. The molecule has 1 N–H and O–H groups in total. The molecular formula is C15H21NO4S. The topological polar surface area (TPSA) is 68.7 Å². The standard InChI is InChI=1S/C15H21NO4S/c1-19-13-7-6-12(14(16-13)20-2)15(17)8-10-4-3-5-11(9-15)21(10)18/h6-7,10-11,17H,3-5,8-9H2,1-2H3. The van der Waals surface area contributed by atoms with Gasteiger partial charge in [0.15, 0.2) is 0 Å². The normalized spacial score (nSPS) is 35.3. The van der Waals surface area contributed by atoms with E-state index >= 15 is 0 Å². The summed E-state index contributed by atoms with van der Waals surface area (Å²) in [6.45, 7) is 0. The van der Waals surface area contributed by atoms with Gasteiger partial charge in [-0.1, -0.05) is 6.42 Å². The van der Waals surface area contributed by atoms with Gasteiger partial charge in [0.25, 0.3) is 0 Å². The van der Waals surface area contributed by atoms with Gasteiger partial charge in [-0.05, 0) is 31.7 Å². The lowest BCUT2D eigenvalue weighted by Gasteiger charge is -2.43. The Morgan fingerprint density at radius 1 is 1.24 bits per heavy atom. The van der Waals surface area contributed by atoms with Crippen LogP contribution in [-0.4, -0.2) is 39.0 Å². The Balaban J connectivity index is 1.97. The zero-order valence-electron chi connectivity index (χ0n) is 12.4. The maximum atomic E-state index is 12.3. The average Bonchev–Trinajstić information content (AvgIpc) is 2.48. The van der Waals surface area contributed by atoms with Gasteiger partial charge in [-0.25, -0.2) is 0 Å². The van der Waals surface area contributed by atoms with E-state index in [1.165, 1.54) is 7.11 Å². The van der Waals surface area contributed by atoms with Crippen molar-refractivity contribution in [1.29, 1.82) is 0 Å². The van der Waals surface area contributed by atoms with Crippen LogP contribution in [0.25, 0.3) is 0 Å². The summed E-state index contributed by atoms with van der Waals surface area (Å²) >= 11 is 0. The predicted molar refractivity (Wildman–Crippen MR) is 80.0 cm³/mol. The molecule has 0 radical (unpaired) electrons. The second kappa shape index (κ2) is 5.57. The summed E-state index contributed by atoms with van der Waals surface area (Å²) in [6, 6.07) is 3.55. The highest BCUT2D eigenvalue weighted by Gasteiger charge is 2.47. The van der Waals surface area contributed by atoms with Gasteiger partial charge in [0.2, 0.25) is 11.8 Å². The molecular weight excluding hydrogens is 290 g/mol. The van der Waals surface area contributed by atoms with Crippen LogP contribution in [0.1, 0.15) is 37.7 Å². The van der Waals surface area contributed by atoms with E-state index in [0.29, 0.717) is 30.2 Å². The lowest BCUT2D eigenvalue weighted by molar-refractivity contribution is 0.00392. The Morgan fingerprint density at radius 3 is 2.48 bits per heavy atom. The Hall–Kier alpha value is -1.14. The number of methoxy groups -OCH3 is 2. The van der Waals surface area contributed by atoms with Crippen molar-refractivity contribution >= 4 is 10.8 Å².